The zero-order valence-corrected chi connectivity index (χ0v) is 38.9. The number of anilines is 5. The standard InChI is InChI=1S/C66H42N4O2/c67-39-55-51-31-28-44-36-60(70(58-24-12-8-20-48(58)42-17-5-2-6-18-42)46-30-34-64-54(38-46)50-22-10-14-26-62(50)72-64)56(40-68)52-32-27-43(65(51)66(44)52)35-59(55)69(57-23-11-7-19-47(57)41-15-3-1-4-16-41)45-29-33-63-53(37-45)49-21-9-13-25-61(49)71-63/h1-23,25-38,49,58,61H,24H2. The van der Waals surface area contributed by atoms with Gasteiger partial charge in [-0.3, -0.25) is 0 Å². The van der Waals surface area contributed by atoms with Crippen LogP contribution in [0.4, 0.5) is 28.4 Å². The molecule has 0 saturated heterocycles. The van der Waals surface area contributed by atoms with E-state index in [0.717, 1.165) is 123 Å². The van der Waals surface area contributed by atoms with Crippen LogP contribution in [0.5, 0.6) is 5.75 Å². The molecule has 0 fully saturated rings. The van der Waals surface area contributed by atoms with Crippen molar-refractivity contribution in [2.24, 2.45) is 0 Å². The average Bonchev–Trinajstić information content (AvgIpc) is 4.01. The number of nitriles is 2. The van der Waals surface area contributed by atoms with Crippen molar-refractivity contribution in [1.82, 2.24) is 0 Å². The van der Waals surface area contributed by atoms with Crippen LogP contribution in [0.25, 0.3) is 71.0 Å². The Hall–Kier alpha value is -9.62. The molecule has 10 aromatic carbocycles. The van der Waals surface area contributed by atoms with E-state index < -0.39 is 0 Å². The van der Waals surface area contributed by atoms with E-state index in [-0.39, 0.29) is 18.1 Å². The van der Waals surface area contributed by atoms with E-state index in [4.69, 9.17) is 9.15 Å². The molecule has 2 aliphatic carbocycles. The van der Waals surface area contributed by atoms with Crippen LogP contribution >= 0.6 is 0 Å². The number of ether oxygens (including phenoxy) is 1. The second-order valence-corrected chi connectivity index (χ2v) is 18.8. The number of benzene rings is 10. The van der Waals surface area contributed by atoms with Gasteiger partial charge in [0.25, 0.3) is 0 Å². The predicted octanol–water partition coefficient (Wildman–Crippen LogP) is 16.9. The van der Waals surface area contributed by atoms with Crippen molar-refractivity contribution in [3.05, 3.63) is 247 Å². The smallest absolute Gasteiger partial charge is 0.135 e. The van der Waals surface area contributed by atoms with Crippen molar-refractivity contribution in [3.63, 3.8) is 0 Å². The van der Waals surface area contributed by atoms with Gasteiger partial charge in [0.15, 0.2) is 0 Å². The third kappa shape index (κ3) is 6.40. The monoisotopic (exact) mass is 922 g/mol. The Kier molecular flexibility index (Phi) is 9.49. The summed E-state index contributed by atoms with van der Waals surface area (Å²) in [5.41, 5.74) is 12.7. The maximum atomic E-state index is 11.5. The summed E-state index contributed by atoms with van der Waals surface area (Å²) in [6, 6.07) is 68.5. The Morgan fingerprint density at radius 2 is 1.18 bits per heavy atom. The number of nitrogens with zero attached hydrogens (tertiary/aromatic N) is 4. The van der Waals surface area contributed by atoms with Gasteiger partial charge in [-0.15, -0.1) is 0 Å². The summed E-state index contributed by atoms with van der Waals surface area (Å²) >= 11 is 0. The number of para-hydroxylation sites is 2. The lowest BCUT2D eigenvalue weighted by atomic mass is 9.86. The summed E-state index contributed by atoms with van der Waals surface area (Å²) in [7, 11) is 0. The zero-order chi connectivity index (χ0) is 47.9. The van der Waals surface area contributed by atoms with Crippen molar-refractivity contribution >= 4 is 88.3 Å². The van der Waals surface area contributed by atoms with Crippen LogP contribution in [-0.2, 0) is 0 Å². The number of allylic oxidation sites excluding steroid dienone is 4. The van der Waals surface area contributed by atoms with E-state index in [1.807, 2.05) is 36.4 Å². The van der Waals surface area contributed by atoms with Gasteiger partial charge in [-0.25, -0.2) is 0 Å². The minimum Gasteiger partial charge on any atom is -0.485 e. The molecule has 2 heterocycles. The van der Waals surface area contributed by atoms with Gasteiger partial charge < -0.3 is 19.0 Å². The molecule has 14 rings (SSSR count). The van der Waals surface area contributed by atoms with Crippen LogP contribution in [0.3, 0.4) is 0 Å². The SMILES string of the molecule is N#Cc1c(N(c2ccc3c(c2)C2C=CC=CC2O3)c2ccccc2-c2ccccc2)cc2ccc3c(C#N)c(N(c4ccc5oc6ccccc6c5c4)C4CC=CC=C4c4ccccc4)cc4ccc1c2c43. The van der Waals surface area contributed by atoms with Gasteiger partial charge in [0.05, 0.1) is 34.2 Å². The van der Waals surface area contributed by atoms with Crippen molar-refractivity contribution in [2.75, 3.05) is 9.80 Å². The third-order valence-corrected chi connectivity index (χ3v) is 15.0. The molecule has 3 aliphatic rings. The van der Waals surface area contributed by atoms with Gasteiger partial charge in [0, 0.05) is 50.0 Å². The topological polar surface area (TPSA) is 76.4 Å². The Labute approximate surface area is 416 Å². The molecule has 72 heavy (non-hydrogen) atoms. The van der Waals surface area contributed by atoms with E-state index >= 15 is 0 Å². The van der Waals surface area contributed by atoms with Crippen molar-refractivity contribution in [2.45, 2.75) is 24.5 Å². The van der Waals surface area contributed by atoms with Crippen molar-refractivity contribution < 1.29 is 9.15 Å². The molecule has 6 nitrogen and oxygen atoms in total. The predicted molar refractivity (Wildman–Crippen MR) is 293 cm³/mol. The minimum absolute atomic E-state index is 0.0639. The first-order valence-corrected chi connectivity index (χ1v) is 24.4. The minimum atomic E-state index is -0.145. The second kappa shape index (κ2) is 16.5. The summed E-state index contributed by atoms with van der Waals surface area (Å²) in [6.45, 7) is 0. The molecule has 3 unspecified atom stereocenters. The number of rotatable bonds is 8. The molecular formula is C66H42N4O2. The Morgan fingerprint density at radius 1 is 0.514 bits per heavy atom. The first-order chi connectivity index (χ1) is 35.6. The fraction of sp³-hybridized carbons (Fsp3) is 0.0606. The highest BCUT2D eigenvalue weighted by atomic mass is 16.5. The van der Waals surface area contributed by atoms with Crippen LogP contribution < -0.4 is 14.5 Å². The Bertz CT molecular complexity index is 4230. The first kappa shape index (κ1) is 41.4. The number of hydrogen-bond acceptors (Lipinski definition) is 6. The molecule has 0 amide bonds. The van der Waals surface area contributed by atoms with Gasteiger partial charge in [0.1, 0.15) is 35.2 Å². The molecule has 0 radical (unpaired) electrons. The Morgan fingerprint density at radius 3 is 1.97 bits per heavy atom. The molecular weight excluding hydrogens is 881 g/mol. The fourth-order valence-electron chi connectivity index (χ4n) is 11.8. The summed E-state index contributed by atoms with van der Waals surface area (Å²) < 4.78 is 12.8. The highest BCUT2D eigenvalue weighted by Crippen LogP contribution is 2.51. The number of hydrogen-bond donors (Lipinski definition) is 0. The lowest BCUT2D eigenvalue weighted by Gasteiger charge is -2.37. The van der Waals surface area contributed by atoms with Crippen LogP contribution in [0, 0.1) is 22.7 Å². The van der Waals surface area contributed by atoms with E-state index in [1.165, 1.54) is 0 Å². The highest BCUT2D eigenvalue weighted by molar-refractivity contribution is 6.27. The molecule has 338 valence electrons. The molecule has 0 N–H and O–H groups in total. The summed E-state index contributed by atoms with van der Waals surface area (Å²) in [4.78, 5) is 4.61. The lowest BCUT2D eigenvalue weighted by Crippen LogP contribution is -2.33. The fourth-order valence-corrected chi connectivity index (χ4v) is 11.8. The van der Waals surface area contributed by atoms with Crippen LogP contribution in [0.2, 0.25) is 0 Å². The van der Waals surface area contributed by atoms with Gasteiger partial charge in [-0.05, 0) is 111 Å². The first-order valence-electron chi connectivity index (χ1n) is 24.4. The van der Waals surface area contributed by atoms with E-state index in [9.17, 15) is 10.5 Å². The normalized spacial score (nSPS) is 16.7. The summed E-state index contributed by atoms with van der Waals surface area (Å²) in [6.07, 6.45) is 15.7. The maximum Gasteiger partial charge on any atom is 0.135 e. The Balaban J connectivity index is 0.992. The maximum absolute atomic E-state index is 11.5. The van der Waals surface area contributed by atoms with Crippen LogP contribution in [-0.4, -0.2) is 12.1 Å². The third-order valence-electron chi connectivity index (χ3n) is 15.0. The zero-order valence-electron chi connectivity index (χ0n) is 38.9. The van der Waals surface area contributed by atoms with Crippen LogP contribution in [0.1, 0.15) is 34.6 Å². The van der Waals surface area contributed by atoms with Crippen LogP contribution in [0.15, 0.2) is 229 Å². The molecule has 1 aromatic heterocycles. The van der Waals surface area contributed by atoms with Gasteiger partial charge in [0.2, 0.25) is 0 Å². The molecule has 1 aliphatic heterocycles. The highest BCUT2D eigenvalue weighted by Gasteiger charge is 2.34. The largest absolute Gasteiger partial charge is 0.485 e. The van der Waals surface area contributed by atoms with E-state index in [1.54, 1.807) is 0 Å². The molecule has 0 saturated carbocycles. The summed E-state index contributed by atoms with van der Waals surface area (Å²) in [5.74, 6) is 0.947. The average molecular weight is 923 g/mol. The summed E-state index contributed by atoms with van der Waals surface area (Å²) in [5, 5.41) is 30.7. The van der Waals surface area contributed by atoms with Gasteiger partial charge >= 0.3 is 0 Å². The van der Waals surface area contributed by atoms with E-state index in [0.29, 0.717) is 11.1 Å². The van der Waals surface area contributed by atoms with Gasteiger partial charge in [-0.2, -0.15) is 10.5 Å². The molecule has 0 spiro atoms. The number of fused-ring (bicyclic) bond motifs is 6. The molecule has 11 aromatic rings. The quantitative estimate of drug-likeness (QED) is 0.141. The second-order valence-electron chi connectivity index (χ2n) is 18.8. The number of furan rings is 1. The molecule has 6 heteroatoms. The van der Waals surface area contributed by atoms with E-state index in [2.05, 4.69) is 210 Å². The van der Waals surface area contributed by atoms with Crippen molar-refractivity contribution in [3.8, 4) is 29.0 Å². The molecule has 0 bridgehead atoms. The molecule has 3 atom stereocenters. The van der Waals surface area contributed by atoms with Gasteiger partial charge in [-0.1, -0.05) is 158 Å². The van der Waals surface area contributed by atoms with Crippen molar-refractivity contribution in [1.29, 1.82) is 10.5 Å². The lowest BCUT2D eigenvalue weighted by molar-refractivity contribution is 0.269.